The van der Waals surface area contributed by atoms with Crippen LogP contribution in [0.1, 0.15) is 51.2 Å². The van der Waals surface area contributed by atoms with Crippen LogP contribution in [-0.2, 0) is 99.4 Å². The quantitative estimate of drug-likeness (QED) is 0.0114. The first kappa shape index (κ1) is 73.9. The summed E-state index contributed by atoms with van der Waals surface area (Å²) >= 11 is 0. The van der Waals surface area contributed by atoms with E-state index >= 15 is 0 Å². The van der Waals surface area contributed by atoms with Crippen molar-refractivity contribution in [2.75, 3.05) is 117 Å². The molecule has 0 radical (unpaired) electrons. The van der Waals surface area contributed by atoms with Crippen LogP contribution in [0.4, 0.5) is 11.4 Å². The van der Waals surface area contributed by atoms with Gasteiger partial charge in [-0.25, -0.2) is 4.79 Å². The van der Waals surface area contributed by atoms with Gasteiger partial charge in [0.05, 0.1) is 107 Å². The third-order valence-corrected chi connectivity index (χ3v) is 19.4. The number of ether oxygens (including phenoxy) is 7. The van der Waals surface area contributed by atoms with Gasteiger partial charge in [0.25, 0.3) is 50.6 Å². The van der Waals surface area contributed by atoms with E-state index in [0.29, 0.717) is 77.2 Å². The highest BCUT2D eigenvalue weighted by Crippen LogP contribution is 2.54. The van der Waals surface area contributed by atoms with E-state index in [-0.39, 0.29) is 113 Å². The number of aromatic hydroxyl groups is 2. The summed E-state index contributed by atoms with van der Waals surface area (Å²) in [5, 5.41) is 19.1. The van der Waals surface area contributed by atoms with E-state index in [0.717, 1.165) is 24.3 Å². The minimum absolute atomic E-state index is 0.00617. The van der Waals surface area contributed by atoms with E-state index in [1.165, 1.54) is 19.2 Å². The fourth-order valence-corrected chi connectivity index (χ4v) is 14.2. The lowest BCUT2D eigenvalue weighted by molar-refractivity contribution is -0.442. The molecule has 1 unspecified atom stereocenters. The third-order valence-electron chi connectivity index (χ3n) is 15.1. The lowest BCUT2D eigenvalue weighted by Gasteiger charge is -2.30. The normalized spacial score (nSPS) is 16.8. The van der Waals surface area contributed by atoms with Crippen molar-refractivity contribution in [2.24, 2.45) is 0 Å². The first-order valence-corrected chi connectivity index (χ1v) is 36.1. The second kappa shape index (κ2) is 31.3. The standard InChI is InChI=1S/C59H73N3O26S5/c1-58(2)51(11-8-6-5-7-9-12-52-59(3,20-10-36-89(66,67)68)57-46-38-42(91(72,73)74)40-50(93(78,79)80)44(46)14-16-48(57)61(52)21-24-81-4)60(47-15-13-43-45(56(47)58)37-41(90(69,70)71)39-49(43)92(75,76)77)22-25-83-27-29-85-31-33-87-35-34-86-32-30-84-28-26-82-23-19-55(65)88-62-53(63)17-18-54(62)64/h5-9,11-18,37-40H,10,19-36H2,1-4H3,(H6-,63,64,66,67,68,69,70,71,72,73,74,75,76,77,78,79,80)/p+1. The summed E-state index contributed by atoms with van der Waals surface area (Å²) in [6.45, 7) is 8.65. The van der Waals surface area contributed by atoms with Crippen molar-refractivity contribution in [1.82, 2.24) is 4.73 Å². The van der Waals surface area contributed by atoms with Crippen molar-refractivity contribution in [2.45, 2.75) is 70.4 Å². The van der Waals surface area contributed by atoms with Crippen LogP contribution in [0, 0.1) is 0 Å². The van der Waals surface area contributed by atoms with E-state index < -0.39 is 104 Å². The number of benzene rings is 4. The molecule has 5 aromatic rings. The van der Waals surface area contributed by atoms with Gasteiger partial charge in [-0.2, -0.15) is 46.7 Å². The van der Waals surface area contributed by atoms with E-state index in [4.69, 9.17) is 38.0 Å². The second-order valence-corrected chi connectivity index (χ2v) is 29.0. The molecule has 2 aliphatic heterocycles. The molecule has 93 heavy (non-hydrogen) atoms. The first-order chi connectivity index (χ1) is 43.7. The molecule has 29 nitrogen and oxygen atoms in total. The number of carbonyl (C=O) groups is 1. The van der Waals surface area contributed by atoms with Crippen LogP contribution in [0.25, 0.3) is 21.5 Å². The molecule has 4 aromatic carbocycles. The van der Waals surface area contributed by atoms with Gasteiger partial charge in [-0.3, -0.25) is 22.8 Å². The first-order valence-electron chi connectivity index (χ1n) is 28.7. The second-order valence-electron chi connectivity index (χ2n) is 21.8. The number of allylic oxidation sites excluding steroid dienone is 8. The van der Waals surface area contributed by atoms with E-state index in [2.05, 4.69) is 0 Å². The smallest absolute Gasteiger partial charge is 0.335 e. The van der Waals surface area contributed by atoms with Gasteiger partial charge in [-0.15, -0.1) is 4.73 Å². The largest absolute Gasteiger partial charge is 0.492 e. The summed E-state index contributed by atoms with van der Waals surface area (Å²) in [6.07, 6.45) is 11.6. The average Bonchev–Trinajstić information content (AvgIpc) is 1.60. The van der Waals surface area contributed by atoms with Crippen LogP contribution in [0.15, 0.2) is 128 Å². The zero-order valence-corrected chi connectivity index (χ0v) is 55.1. The Bertz CT molecular complexity index is 4290. The fourth-order valence-electron chi connectivity index (χ4n) is 11.0. The predicted octanol–water partition coefficient (Wildman–Crippen LogP) is 5.36. The Morgan fingerprint density at radius 1 is 0.548 bits per heavy atom. The van der Waals surface area contributed by atoms with Crippen LogP contribution in [-0.4, -0.2) is 208 Å². The molecule has 1 aromatic heterocycles. The highest BCUT2D eigenvalue weighted by atomic mass is 32.2. The topological polar surface area (TPSA) is 414 Å². The molecule has 0 fully saturated rings. The molecule has 0 aliphatic carbocycles. The number of anilines is 1. The summed E-state index contributed by atoms with van der Waals surface area (Å²) < 4.78 is 217. The summed E-state index contributed by atoms with van der Waals surface area (Å²) in [5.74, 6) is -2.24. The Kier molecular flexibility index (Phi) is 24.9. The number of methoxy groups -OCH3 is 1. The van der Waals surface area contributed by atoms with Crippen LogP contribution in [0.3, 0.4) is 0 Å². The number of hydrogen-bond acceptors (Lipinski definition) is 22. The molecule has 7 rings (SSSR count). The molecule has 0 saturated carbocycles. The van der Waals surface area contributed by atoms with Crippen LogP contribution in [0.5, 0.6) is 11.8 Å². The fraction of sp³-hybridized carbons (Fsp3) is 0.424. The monoisotopic (exact) mass is 1400 g/mol. The van der Waals surface area contributed by atoms with Gasteiger partial charge in [0.2, 0.25) is 17.4 Å². The van der Waals surface area contributed by atoms with Crippen LogP contribution >= 0.6 is 0 Å². The average molecular weight is 1400 g/mol. The number of fused-ring (bicyclic) bond motifs is 6. The number of aromatic nitrogens is 1. The highest BCUT2D eigenvalue weighted by Gasteiger charge is 2.47. The zero-order chi connectivity index (χ0) is 68.2. The molecule has 7 N–H and O–H groups in total. The third kappa shape index (κ3) is 18.9. The van der Waals surface area contributed by atoms with Crippen LogP contribution in [0.2, 0.25) is 0 Å². The number of hydrogen-bond donors (Lipinski definition) is 7. The van der Waals surface area contributed by atoms with Crippen molar-refractivity contribution in [3.8, 4) is 11.8 Å². The highest BCUT2D eigenvalue weighted by molar-refractivity contribution is 7.87. The Balaban J connectivity index is 1.01. The lowest BCUT2D eigenvalue weighted by Crippen LogP contribution is -2.31. The molecular weight excluding hydrogens is 1330 g/mol. The zero-order valence-electron chi connectivity index (χ0n) is 51.0. The van der Waals surface area contributed by atoms with E-state index in [1.54, 1.807) is 61.6 Å². The van der Waals surface area contributed by atoms with Gasteiger partial charge >= 0.3 is 5.97 Å². The van der Waals surface area contributed by atoms with Gasteiger partial charge in [0.1, 0.15) is 16.4 Å². The van der Waals surface area contributed by atoms with Gasteiger partial charge in [0, 0.05) is 71.1 Å². The molecule has 34 heteroatoms. The predicted molar refractivity (Wildman–Crippen MR) is 337 cm³/mol. The number of nitrogens with zero attached hydrogens (tertiary/aromatic N) is 3. The molecule has 2 aliphatic rings. The van der Waals surface area contributed by atoms with E-state index in [9.17, 15) is 79.9 Å². The molecule has 3 heterocycles. The Hall–Kier alpha value is -6.55. The Morgan fingerprint density at radius 2 is 1.02 bits per heavy atom. The Morgan fingerprint density at radius 3 is 1.52 bits per heavy atom. The molecule has 0 saturated heterocycles. The molecule has 510 valence electrons. The SMILES string of the molecule is COCCN1C(=CC=CC=CC=CC2=[N+](CCOCCOCCOCCOCCOCCOCCC(=O)On3c(O)ccc3O)c3ccc4c(S(=O)(=O)O)cc(S(=O)(=O)O)cc4c3C2(C)C)C(C)(CCCS(=O)(=O)O)c2c1ccc1c(S(=O)(=O)O)cc(S(=O)(=O)O)cc21. The number of rotatable bonds is 37. The molecule has 0 bridgehead atoms. The minimum Gasteiger partial charge on any atom is -0.492 e. The Labute approximate surface area is 538 Å². The number of carbonyl (C=O) groups excluding carboxylic acids is 1. The van der Waals surface area contributed by atoms with Crippen molar-refractivity contribution in [3.63, 3.8) is 0 Å². The summed E-state index contributed by atoms with van der Waals surface area (Å²) in [6, 6.07) is 11.8. The van der Waals surface area contributed by atoms with E-state index in [1.807, 2.05) is 23.3 Å². The molecule has 0 spiro atoms. The van der Waals surface area contributed by atoms with Crippen LogP contribution < -0.4 is 9.74 Å². The van der Waals surface area contributed by atoms with Gasteiger partial charge < -0.3 is 53.1 Å². The van der Waals surface area contributed by atoms with Crippen molar-refractivity contribution in [3.05, 3.63) is 120 Å². The van der Waals surface area contributed by atoms with Crippen molar-refractivity contribution < 1.29 is 122 Å². The van der Waals surface area contributed by atoms with Gasteiger partial charge in [0.15, 0.2) is 12.3 Å². The molecule has 1 atom stereocenters. The summed E-state index contributed by atoms with van der Waals surface area (Å²) in [4.78, 5) is 15.4. The summed E-state index contributed by atoms with van der Waals surface area (Å²) in [7, 11) is -23.2. The summed E-state index contributed by atoms with van der Waals surface area (Å²) in [5.41, 5.74) is 0.663. The molecular formula is C59H74N3O26S5+. The van der Waals surface area contributed by atoms with Crippen molar-refractivity contribution >= 4 is 95.2 Å². The maximum atomic E-state index is 12.7. The van der Waals surface area contributed by atoms with Gasteiger partial charge in [-0.05, 0) is 92.4 Å². The maximum absolute atomic E-state index is 12.7. The maximum Gasteiger partial charge on any atom is 0.335 e. The minimum atomic E-state index is -5.09. The van der Waals surface area contributed by atoms with Crippen molar-refractivity contribution in [1.29, 1.82) is 0 Å². The lowest BCUT2D eigenvalue weighted by atomic mass is 9.75. The molecule has 0 amide bonds. The van der Waals surface area contributed by atoms with Gasteiger partial charge in [-0.1, -0.05) is 36.4 Å².